The molecule has 0 atom stereocenters. The number of thiophene rings is 1. The Morgan fingerprint density at radius 2 is 1.95 bits per heavy atom. The molecule has 0 unspecified atom stereocenters. The second-order valence-electron chi connectivity index (χ2n) is 5.46. The predicted molar refractivity (Wildman–Crippen MR) is 89.2 cm³/mol. The summed E-state index contributed by atoms with van der Waals surface area (Å²) in [4.78, 5) is 1.29. The molecule has 116 valence electrons. The molecule has 1 aromatic carbocycles. The molecule has 0 saturated carbocycles. The number of hydrogen-bond acceptors (Lipinski definition) is 4. The molecule has 2 N–H and O–H groups in total. The van der Waals surface area contributed by atoms with Crippen molar-refractivity contribution in [3.63, 3.8) is 0 Å². The summed E-state index contributed by atoms with van der Waals surface area (Å²) in [6.07, 6.45) is 0.836. The van der Waals surface area contributed by atoms with Crippen LogP contribution in [0, 0.1) is 5.92 Å². The van der Waals surface area contributed by atoms with Crippen LogP contribution in [-0.2, 0) is 16.6 Å². The van der Waals surface area contributed by atoms with E-state index in [0.717, 1.165) is 21.4 Å². The highest BCUT2D eigenvalue weighted by atomic mass is 32.2. The van der Waals surface area contributed by atoms with E-state index in [1.54, 1.807) is 0 Å². The van der Waals surface area contributed by atoms with Crippen LogP contribution in [0.5, 0.6) is 0 Å². The third-order valence-electron chi connectivity index (χ3n) is 3.24. The molecule has 6 heteroatoms. The third-order valence-corrected chi connectivity index (χ3v) is 6.13. The minimum atomic E-state index is -3.47. The van der Waals surface area contributed by atoms with Gasteiger partial charge < -0.3 is 5.32 Å². The molecule has 0 spiro atoms. The first-order valence-corrected chi connectivity index (χ1v) is 9.40. The van der Waals surface area contributed by atoms with Gasteiger partial charge in [-0.15, -0.1) is 11.3 Å². The molecule has 0 aliphatic carbocycles. The van der Waals surface area contributed by atoms with Gasteiger partial charge in [0.2, 0.25) is 10.0 Å². The largest absolute Gasteiger partial charge is 0.315 e. The van der Waals surface area contributed by atoms with E-state index in [9.17, 15) is 8.42 Å². The monoisotopic (exact) mass is 326 g/mol. The molecule has 0 amide bonds. The molecule has 0 saturated heterocycles. The van der Waals surface area contributed by atoms with Crippen molar-refractivity contribution < 1.29 is 8.42 Å². The summed E-state index contributed by atoms with van der Waals surface area (Å²) in [5, 5.41) is 3.86. The topological polar surface area (TPSA) is 58.2 Å². The second kappa shape index (κ2) is 6.87. The standard InChI is InChI=1S/C15H22N2O2S2/c1-11(2)8-9-17-21(18,19)15-12-6-4-5-7-13(12)20-14(15)10-16-3/h4-7,11,16-17H,8-10H2,1-3H3. The third kappa shape index (κ3) is 3.83. The zero-order valence-electron chi connectivity index (χ0n) is 12.6. The Hall–Kier alpha value is -0.950. The van der Waals surface area contributed by atoms with Gasteiger partial charge in [0.25, 0.3) is 0 Å². The molecule has 0 fully saturated rings. The fourth-order valence-corrected chi connectivity index (χ4v) is 5.20. The average Bonchev–Trinajstić information content (AvgIpc) is 2.77. The number of nitrogens with one attached hydrogen (secondary N) is 2. The van der Waals surface area contributed by atoms with Crippen molar-refractivity contribution >= 4 is 31.4 Å². The van der Waals surface area contributed by atoms with Gasteiger partial charge in [0.1, 0.15) is 4.90 Å². The van der Waals surface area contributed by atoms with Crippen molar-refractivity contribution in [3.8, 4) is 0 Å². The maximum absolute atomic E-state index is 12.7. The second-order valence-corrected chi connectivity index (χ2v) is 8.30. The van der Waals surface area contributed by atoms with Crippen molar-refractivity contribution in [3.05, 3.63) is 29.1 Å². The van der Waals surface area contributed by atoms with E-state index in [-0.39, 0.29) is 0 Å². The molecule has 0 radical (unpaired) electrons. The van der Waals surface area contributed by atoms with E-state index in [1.807, 2.05) is 31.3 Å². The lowest BCUT2D eigenvalue weighted by molar-refractivity contribution is 0.551. The predicted octanol–water partition coefficient (Wildman–Crippen LogP) is 2.95. The Bertz CT molecular complexity index is 706. The lowest BCUT2D eigenvalue weighted by Crippen LogP contribution is -2.26. The Kier molecular flexibility index (Phi) is 5.37. The van der Waals surface area contributed by atoms with Gasteiger partial charge in [0, 0.05) is 28.1 Å². The normalized spacial score (nSPS) is 12.4. The van der Waals surface area contributed by atoms with Crippen molar-refractivity contribution in [2.24, 2.45) is 5.92 Å². The van der Waals surface area contributed by atoms with Crippen LogP contribution < -0.4 is 10.0 Å². The maximum Gasteiger partial charge on any atom is 0.242 e. The van der Waals surface area contributed by atoms with Crippen molar-refractivity contribution in [2.75, 3.05) is 13.6 Å². The zero-order valence-corrected chi connectivity index (χ0v) is 14.3. The van der Waals surface area contributed by atoms with Gasteiger partial charge in [-0.05, 0) is 25.5 Å². The van der Waals surface area contributed by atoms with Crippen LogP contribution in [0.3, 0.4) is 0 Å². The quantitative estimate of drug-likeness (QED) is 0.822. The maximum atomic E-state index is 12.7. The summed E-state index contributed by atoms with van der Waals surface area (Å²) in [6, 6.07) is 7.66. The molecule has 4 nitrogen and oxygen atoms in total. The Morgan fingerprint density at radius 1 is 1.24 bits per heavy atom. The number of hydrogen-bond donors (Lipinski definition) is 2. The highest BCUT2D eigenvalue weighted by molar-refractivity contribution is 7.90. The van der Waals surface area contributed by atoms with Gasteiger partial charge in [-0.2, -0.15) is 0 Å². The van der Waals surface area contributed by atoms with Gasteiger partial charge in [0.15, 0.2) is 0 Å². The first-order chi connectivity index (χ1) is 9.95. The Balaban J connectivity index is 2.40. The Labute approximate surface area is 130 Å². The van der Waals surface area contributed by atoms with Crippen LogP contribution in [0.2, 0.25) is 0 Å². The lowest BCUT2D eigenvalue weighted by Gasteiger charge is -2.09. The zero-order chi connectivity index (χ0) is 15.5. The van der Waals surface area contributed by atoms with Crippen LogP contribution >= 0.6 is 11.3 Å². The first kappa shape index (κ1) is 16.4. The molecular formula is C15H22N2O2S2. The van der Waals surface area contributed by atoms with Gasteiger partial charge in [0.05, 0.1) is 0 Å². The SMILES string of the molecule is CNCc1sc2ccccc2c1S(=O)(=O)NCCC(C)C. The molecule has 1 aromatic heterocycles. The molecule has 0 bridgehead atoms. The number of sulfonamides is 1. The summed E-state index contributed by atoms with van der Waals surface area (Å²) >= 11 is 1.53. The molecule has 0 aliphatic rings. The minimum Gasteiger partial charge on any atom is -0.315 e. The fraction of sp³-hybridized carbons (Fsp3) is 0.467. The number of rotatable bonds is 7. The van der Waals surface area contributed by atoms with E-state index >= 15 is 0 Å². The molecule has 0 aliphatic heterocycles. The summed E-state index contributed by atoms with van der Waals surface area (Å²) in [7, 11) is -1.65. The highest BCUT2D eigenvalue weighted by Gasteiger charge is 2.23. The molecule has 2 rings (SSSR count). The highest BCUT2D eigenvalue weighted by Crippen LogP contribution is 2.34. The minimum absolute atomic E-state index is 0.432. The van der Waals surface area contributed by atoms with E-state index in [4.69, 9.17) is 0 Å². The fourth-order valence-electron chi connectivity index (χ4n) is 2.20. The van der Waals surface area contributed by atoms with Crippen LogP contribution in [0.15, 0.2) is 29.2 Å². The van der Waals surface area contributed by atoms with E-state index in [2.05, 4.69) is 23.9 Å². The number of fused-ring (bicyclic) bond motifs is 1. The lowest BCUT2D eigenvalue weighted by atomic mass is 10.1. The summed E-state index contributed by atoms with van der Waals surface area (Å²) in [5.74, 6) is 0.476. The first-order valence-electron chi connectivity index (χ1n) is 7.10. The van der Waals surface area contributed by atoms with Crippen molar-refractivity contribution in [1.82, 2.24) is 10.0 Å². The average molecular weight is 326 g/mol. The molecular weight excluding hydrogens is 304 g/mol. The molecule has 1 heterocycles. The van der Waals surface area contributed by atoms with E-state index < -0.39 is 10.0 Å². The Morgan fingerprint density at radius 3 is 2.62 bits per heavy atom. The molecule has 21 heavy (non-hydrogen) atoms. The van der Waals surface area contributed by atoms with Crippen molar-refractivity contribution in [1.29, 1.82) is 0 Å². The van der Waals surface area contributed by atoms with E-state index in [0.29, 0.717) is 23.9 Å². The van der Waals surface area contributed by atoms with Crippen LogP contribution in [0.25, 0.3) is 10.1 Å². The van der Waals surface area contributed by atoms with Crippen LogP contribution in [-0.4, -0.2) is 22.0 Å². The van der Waals surface area contributed by atoms with E-state index in [1.165, 1.54) is 11.3 Å². The van der Waals surface area contributed by atoms with Crippen LogP contribution in [0.1, 0.15) is 25.1 Å². The van der Waals surface area contributed by atoms with Gasteiger partial charge in [-0.25, -0.2) is 13.1 Å². The molecule has 2 aromatic rings. The summed E-state index contributed by atoms with van der Waals surface area (Å²) in [5.41, 5.74) is 0. The van der Waals surface area contributed by atoms with Crippen LogP contribution in [0.4, 0.5) is 0 Å². The van der Waals surface area contributed by atoms with Gasteiger partial charge in [-0.1, -0.05) is 32.0 Å². The number of benzene rings is 1. The van der Waals surface area contributed by atoms with Crippen molar-refractivity contribution in [2.45, 2.75) is 31.7 Å². The smallest absolute Gasteiger partial charge is 0.242 e. The van der Waals surface area contributed by atoms with Gasteiger partial charge >= 0.3 is 0 Å². The summed E-state index contributed by atoms with van der Waals surface area (Å²) in [6.45, 7) is 5.20. The van der Waals surface area contributed by atoms with Gasteiger partial charge in [-0.3, -0.25) is 0 Å². The summed E-state index contributed by atoms with van der Waals surface area (Å²) < 4.78 is 29.0.